The quantitative estimate of drug-likeness (QED) is 0.773. The van der Waals surface area contributed by atoms with Gasteiger partial charge >= 0.3 is 0 Å². The van der Waals surface area contributed by atoms with E-state index in [9.17, 15) is 5.11 Å². The number of para-hydroxylation sites is 1. The lowest BCUT2D eigenvalue weighted by Crippen LogP contribution is -2.33. The molecule has 23 heavy (non-hydrogen) atoms. The highest BCUT2D eigenvalue weighted by Crippen LogP contribution is 2.31. The maximum absolute atomic E-state index is 10.4. The molecule has 0 amide bonds. The smallest absolute Gasteiger partial charge is 0.271 e. The van der Waals surface area contributed by atoms with E-state index in [1.165, 1.54) is 6.20 Å². The molecule has 0 aliphatic heterocycles. The fraction of sp³-hybridized carbons (Fsp3) is 0.250. The van der Waals surface area contributed by atoms with Crippen molar-refractivity contribution in [1.29, 1.82) is 0 Å². The van der Waals surface area contributed by atoms with Crippen molar-refractivity contribution in [2.24, 2.45) is 0 Å². The summed E-state index contributed by atoms with van der Waals surface area (Å²) in [6, 6.07) is 9.15. The van der Waals surface area contributed by atoms with Crippen molar-refractivity contribution in [3.63, 3.8) is 0 Å². The Balaban J connectivity index is 1.91. The molecule has 0 bridgehead atoms. The van der Waals surface area contributed by atoms with Crippen LogP contribution >= 0.6 is 0 Å². The Labute approximate surface area is 133 Å². The van der Waals surface area contributed by atoms with Gasteiger partial charge in [-0.3, -0.25) is 4.98 Å². The third-order valence-corrected chi connectivity index (χ3v) is 3.10. The molecular weight excluding hydrogens is 296 g/mol. The fourth-order valence-electron chi connectivity index (χ4n) is 1.99. The molecule has 0 aliphatic rings. The monoisotopic (exact) mass is 312 g/mol. The van der Waals surface area contributed by atoms with Crippen molar-refractivity contribution < 1.29 is 14.4 Å². The van der Waals surface area contributed by atoms with Gasteiger partial charge in [-0.15, -0.1) is 0 Å². The van der Waals surface area contributed by atoms with Crippen molar-refractivity contribution in [1.82, 2.24) is 20.1 Å². The zero-order valence-electron chi connectivity index (χ0n) is 12.7. The minimum atomic E-state index is -1.22. The van der Waals surface area contributed by atoms with Crippen LogP contribution in [0.3, 0.4) is 0 Å². The SMILES string of the molecule is CC(C)(O)C(Oc1ccccc1)c1nc(-c2cnccn2)no1. The van der Waals surface area contributed by atoms with E-state index in [4.69, 9.17) is 9.26 Å². The first-order chi connectivity index (χ1) is 11.0. The maximum Gasteiger partial charge on any atom is 0.271 e. The molecule has 1 aromatic carbocycles. The molecular formula is C16H16N4O3. The van der Waals surface area contributed by atoms with E-state index in [0.29, 0.717) is 17.3 Å². The summed E-state index contributed by atoms with van der Waals surface area (Å²) >= 11 is 0. The average molecular weight is 312 g/mol. The molecule has 0 radical (unpaired) electrons. The van der Waals surface area contributed by atoms with Gasteiger partial charge in [-0.05, 0) is 26.0 Å². The molecule has 7 heteroatoms. The number of ether oxygens (including phenoxy) is 1. The molecule has 7 nitrogen and oxygen atoms in total. The summed E-state index contributed by atoms with van der Waals surface area (Å²) in [5, 5.41) is 14.3. The fourth-order valence-corrected chi connectivity index (χ4v) is 1.99. The largest absolute Gasteiger partial charge is 0.478 e. The second-order valence-electron chi connectivity index (χ2n) is 5.51. The molecule has 1 atom stereocenters. The van der Waals surface area contributed by atoms with Crippen molar-refractivity contribution in [3.8, 4) is 17.3 Å². The van der Waals surface area contributed by atoms with E-state index < -0.39 is 11.7 Å². The lowest BCUT2D eigenvalue weighted by atomic mass is 10.0. The zero-order valence-corrected chi connectivity index (χ0v) is 12.7. The van der Waals surface area contributed by atoms with E-state index in [1.54, 1.807) is 38.4 Å². The number of hydrogen-bond acceptors (Lipinski definition) is 7. The molecule has 1 unspecified atom stereocenters. The van der Waals surface area contributed by atoms with Crippen LogP contribution in [0.25, 0.3) is 11.5 Å². The summed E-state index contributed by atoms with van der Waals surface area (Å²) in [5.41, 5.74) is -0.737. The van der Waals surface area contributed by atoms with E-state index in [2.05, 4.69) is 20.1 Å². The summed E-state index contributed by atoms with van der Waals surface area (Å²) < 4.78 is 11.1. The van der Waals surface area contributed by atoms with Gasteiger partial charge in [0.15, 0.2) is 0 Å². The number of rotatable bonds is 5. The number of nitrogens with zero attached hydrogens (tertiary/aromatic N) is 4. The van der Waals surface area contributed by atoms with Gasteiger partial charge in [0.1, 0.15) is 17.0 Å². The van der Waals surface area contributed by atoms with Crippen LogP contribution < -0.4 is 4.74 Å². The first-order valence-electron chi connectivity index (χ1n) is 7.08. The highest BCUT2D eigenvalue weighted by atomic mass is 16.5. The van der Waals surface area contributed by atoms with Gasteiger partial charge < -0.3 is 14.4 Å². The van der Waals surface area contributed by atoms with E-state index in [0.717, 1.165) is 0 Å². The van der Waals surface area contributed by atoms with Crippen molar-refractivity contribution in [3.05, 3.63) is 54.8 Å². The topological polar surface area (TPSA) is 94.2 Å². The second-order valence-corrected chi connectivity index (χ2v) is 5.51. The maximum atomic E-state index is 10.4. The first-order valence-corrected chi connectivity index (χ1v) is 7.08. The van der Waals surface area contributed by atoms with Crippen LogP contribution in [-0.2, 0) is 0 Å². The molecule has 0 spiro atoms. The van der Waals surface area contributed by atoms with Gasteiger partial charge in [0, 0.05) is 12.4 Å². The molecule has 2 heterocycles. The van der Waals surface area contributed by atoms with Crippen LogP contribution in [0.1, 0.15) is 25.8 Å². The number of hydrogen-bond donors (Lipinski definition) is 1. The van der Waals surface area contributed by atoms with E-state index in [1.807, 2.05) is 18.2 Å². The van der Waals surface area contributed by atoms with Crippen LogP contribution in [0.5, 0.6) is 5.75 Å². The highest BCUT2D eigenvalue weighted by Gasteiger charge is 2.35. The van der Waals surface area contributed by atoms with Crippen LogP contribution in [0.15, 0.2) is 53.4 Å². The molecule has 3 aromatic rings. The molecule has 0 saturated heterocycles. The lowest BCUT2D eigenvalue weighted by Gasteiger charge is -2.26. The Morgan fingerprint density at radius 1 is 1.17 bits per heavy atom. The molecule has 1 N–H and O–H groups in total. The van der Waals surface area contributed by atoms with Crippen molar-refractivity contribution >= 4 is 0 Å². The molecule has 3 rings (SSSR count). The minimum absolute atomic E-state index is 0.169. The Kier molecular flexibility index (Phi) is 4.03. The predicted octanol–water partition coefficient (Wildman–Crippen LogP) is 2.42. The Morgan fingerprint density at radius 3 is 2.61 bits per heavy atom. The number of aliphatic hydroxyl groups is 1. The first kappa shape index (κ1) is 15.1. The van der Waals surface area contributed by atoms with Crippen molar-refractivity contribution in [2.45, 2.75) is 25.6 Å². The molecule has 0 fully saturated rings. The summed E-state index contributed by atoms with van der Waals surface area (Å²) in [6.45, 7) is 3.24. The van der Waals surface area contributed by atoms with Gasteiger partial charge in [0.05, 0.1) is 6.20 Å². The molecule has 118 valence electrons. The summed E-state index contributed by atoms with van der Waals surface area (Å²) in [4.78, 5) is 12.4. The second kappa shape index (κ2) is 6.13. The highest BCUT2D eigenvalue weighted by molar-refractivity contribution is 5.45. The molecule has 0 aliphatic carbocycles. The molecule has 0 saturated carbocycles. The van der Waals surface area contributed by atoms with Crippen LogP contribution in [0.2, 0.25) is 0 Å². The predicted molar refractivity (Wildman–Crippen MR) is 81.4 cm³/mol. The Morgan fingerprint density at radius 2 is 1.96 bits per heavy atom. The van der Waals surface area contributed by atoms with Gasteiger partial charge in [-0.2, -0.15) is 4.98 Å². The summed E-state index contributed by atoms with van der Waals surface area (Å²) in [5.74, 6) is 1.06. The number of benzene rings is 1. The van der Waals surface area contributed by atoms with E-state index in [-0.39, 0.29) is 5.89 Å². The van der Waals surface area contributed by atoms with Gasteiger partial charge in [0.2, 0.25) is 11.9 Å². The van der Waals surface area contributed by atoms with Crippen LogP contribution in [0.4, 0.5) is 0 Å². The summed E-state index contributed by atoms with van der Waals surface area (Å²) in [7, 11) is 0. The summed E-state index contributed by atoms with van der Waals surface area (Å²) in [6.07, 6.45) is 3.82. The Bertz CT molecular complexity index is 754. The third-order valence-electron chi connectivity index (χ3n) is 3.10. The van der Waals surface area contributed by atoms with Gasteiger partial charge in [0.25, 0.3) is 5.89 Å². The van der Waals surface area contributed by atoms with Crippen LogP contribution in [0, 0.1) is 0 Å². The van der Waals surface area contributed by atoms with Crippen LogP contribution in [-0.4, -0.2) is 30.8 Å². The van der Waals surface area contributed by atoms with Gasteiger partial charge in [-0.1, -0.05) is 23.4 Å². The van der Waals surface area contributed by atoms with E-state index >= 15 is 0 Å². The Hall–Kier alpha value is -2.80. The zero-order chi connectivity index (χ0) is 16.3. The normalized spacial score (nSPS) is 12.8. The third kappa shape index (κ3) is 3.51. The van der Waals surface area contributed by atoms with Gasteiger partial charge in [-0.25, -0.2) is 4.98 Å². The average Bonchev–Trinajstić information content (AvgIpc) is 3.03. The number of aromatic nitrogens is 4. The molecule has 2 aromatic heterocycles. The van der Waals surface area contributed by atoms with Crippen molar-refractivity contribution in [2.75, 3.05) is 0 Å². The lowest BCUT2D eigenvalue weighted by molar-refractivity contribution is -0.0495. The minimum Gasteiger partial charge on any atom is -0.478 e. The standard InChI is InChI=1S/C16H16N4O3/c1-16(2,21)13(22-11-6-4-3-5-7-11)15-19-14(20-23-15)12-10-17-8-9-18-12/h3-10,13,21H,1-2H3.